The maximum atomic E-state index is 12.6. The number of fused-ring (bicyclic) bond motifs is 3. The highest BCUT2D eigenvalue weighted by Gasteiger charge is 2.33. The van der Waals surface area contributed by atoms with E-state index in [2.05, 4.69) is 29.2 Å². The van der Waals surface area contributed by atoms with Crippen LogP contribution in [0.25, 0.3) is 5.65 Å². The van der Waals surface area contributed by atoms with E-state index in [0.717, 1.165) is 11.3 Å². The van der Waals surface area contributed by atoms with Gasteiger partial charge < -0.3 is 5.32 Å². The van der Waals surface area contributed by atoms with Crippen LogP contribution in [0.5, 0.6) is 0 Å². The van der Waals surface area contributed by atoms with E-state index < -0.39 is 0 Å². The van der Waals surface area contributed by atoms with Crippen molar-refractivity contribution in [1.82, 2.24) is 19.9 Å². The van der Waals surface area contributed by atoms with Gasteiger partial charge in [-0.25, -0.2) is 9.50 Å². The molecule has 2 heterocycles. The molecule has 0 radical (unpaired) electrons. The lowest BCUT2D eigenvalue weighted by Crippen LogP contribution is -2.29. The highest BCUT2D eigenvalue weighted by Crippen LogP contribution is 2.34. The van der Waals surface area contributed by atoms with Crippen LogP contribution in [-0.2, 0) is 13.0 Å². The van der Waals surface area contributed by atoms with Gasteiger partial charge in [-0.05, 0) is 29.5 Å². The summed E-state index contributed by atoms with van der Waals surface area (Å²) in [7, 11) is 0. The maximum Gasteiger partial charge on any atom is 0.257 e. The lowest BCUT2D eigenvalue weighted by Gasteiger charge is -2.29. The highest BCUT2D eigenvalue weighted by molar-refractivity contribution is 6.30. The van der Waals surface area contributed by atoms with Crippen molar-refractivity contribution >= 4 is 28.9 Å². The van der Waals surface area contributed by atoms with Gasteiger partial charge in [-0.3, -0.25) is 9.59 Å². The molecule has 6 nitrogen and oxygen atoms in total. The van der Waals surface area contributed by atoms with E-state index in [1.54, 1.807) is 22.8 Å². The summed E-state index contributed by atoms with van der Waals surface area (Å²) in [5, 5.41) is 7.87. The van der Waals surface area contributed by atoms with Gasteiger partial charge in [0.25, 0.3) is 5.91 Å². The monoisotopic (exact) mass is 382 g/mol. The van der Waals surface area contributed by atoms with Crippen molar-refractivity contribution in [3.63, 3.8) is 0 Å². The Bertz CT molecular complexity index is 1050. The quantitative estimate of drug-likeness (QED) is 0.752. The third-order valence-electron chi connectivity index (χ3n) is 4.82. The summed E-state index contributed by atoms with van der Waals surface area (Å²) < 4.78 is 1.63. The Morgan fingerprint density at radius 1 is 1.22 bits per heavy atom. The van der Waals surface area contributed by atoms with Gasteiger partial charge in [-0.15, -0.1) is 0 Å². The van der Waals surface area contributed by atoms with Gasteiger partial charge in [0.05, 0.1) is 17.5 Å². The summed E-state index contributed by atoms with van der Waals surface area (Å²) in [5.74, 6) is -0.186. The van der Waals surface area contributed by atoms with Gasteiger partial charge in [0.2, 0.25) is 0 Å². The Hall–Kier alpha value is -2.73. The zero-order valence-corrected chi connectivity index (χ0v) is 15.9. The van der Waals surface area contributed by atoms with Crippen molar-refractivity contribution in [2.45, 2.75) is 33.2 Å². The zero-order valence-electron chi connectivity index (χ0n) is 15.1. The number of Topliss-reactive ketones (excluding diaryl/α,β-unsaturated/α-hetero) is 1. The minimum Gasteiger partial charge on any atom is -0.348 e. The van der Waals surface area contributed by atoms with Gasteiger partial charge in [0, 0.05) is 24.2 Å². The van der Waals surface area contributed by atoms with Crippen LogP contribution in [0.15, 0.2) is 36.7 Å². The fourth-order valence-electron chi connectivity index (χ4n) is 3.47. The average Bonchev–Trinajstić information content (AvgIpc) is 3.04. The molecule has 1 amide bonds. The first kappa shape index (κ1) is 17.7. The molecule has 0 saturated carbocycles. The molecule has 7 heteroatoms. The molecule has 1 aliphatic rings. The van der Waals surface area contributed by atoms with Crippen LogP contribution >= 0.6 is 11.6 Å². The van der Waals surface area contributed by atoms with E-state index in [1.807, 2.05) is 12.1 Å². The van der Waals surface area contributed by atoms with Crippen LogP contribution < -0.4 is 5.32 Å². The molecule has 1 N–H and O–H groups in total. The number of carbonyl (C=O) groups excluding carboxylic acids is 2. The van der Waals surface area contributed by atoms with E-state index in [1.165, 1.54) is 6.20 Å². The number of benzene rings is 1. The van der Waals surface area contributed by atoms with E-state index in [4.69, 9.17) is 11.6 Å². The molecule has 27 heavy (non-hydrogen) atoms. The molecule has 0 unspecified atom stereocenters. The number of hydrogen-bond donors (Lipinski definition) is 1. The Morgan fingerprint density at radius 2 is 1.96 bits per heavy atom. The lowest BCUT2D eigenvalue weighted by atomic mass is 9.76. The van der Waals surface area contributed by atoms with E-state index >= 15 is 0 Å². The smallest absolute Gasteiger partial charge is 0.257 e. The Kier molecular flexibility index (Phi) is 4.23. The summed E-state index contributed by atoms with van der Waals surface area (Å²) in [6.07, 6.45) is 4.27. The largest absolute Gasteiger partial charge is 0.348 e. The number of aromatic nitrogens is 3. The maximum absolute atomic E-state index is 12.6. The number of ketones is 1. The Labute approximate surface area is 161 Å². The second kappa shape index (κ2) is 6.46. The summed E-state index contributed by atoms with van der Waals surface area (Å²) in [6, 6.07) is 7.29. The SMILES string of the molecule is CC1(C)CC(=O)c2cnc3c(C(=O)NCc4ccc(Cl)cc4)cnn3c2C1. The number of amides is 1. The van der Waals surface area contributed by atoms with Crippen LogP contribution in [0.4, 0.5) is 0 Å². The first-order valence-corrected chi connectivity index (χ1v) is 9.13. The Balaban J connectivity index is 1.63. The van der Waals surface area contributed by atoms with Crippen LogP contribution in [-0.4, -0.2) is 26.3 Å². The minimum absolute atomic E-state index is 0.0693. The van der Waals surface area contributed by atoms with Crippen molar-refractivity contribution in [3.8, 4) is 0 Å². The summed E-state index contributed by atoms with van der Waals surface area (Å²) in [5.41, 5.74) is 3.08. The van der Waals surface area contributed by atoms with Crippen molar-refractivity contribution in [2.24, 2.45) is 5.41 Å². The fraction of sp³-hybridized carbons (Fsp3) is 0.300. The van der Waals surface area contributed by atoms with Gasteiger partial charge in [0.1, 0.15) is 5.56 Å². The number of hydrogen-bond acceptors (Lipinski definition) is 4. The molecule has 2 aromatic heterocycles. The number of nitrogens with zero attached hydrogens (tertiary/aromatic N) is 3. The van der Waals surface area contributed by atoms with Gasteiger partial charge >= 0.3 is 0 Å². The molecule has 1 aromatic carbocycles. The third kappa shape index (κ3) is 3.32. The first-order chi connectivity index (χ1) is 12.8. The number of nitrogens with one attached hydrogen (secondary N) is 1. The molecule has 138 valence electrons. The van der Waals surface area contributed by atoms with Gasteiger partial charge in [0.15, 0.2) is 11.4 Å². The topological polar surface area (TPSA) is 76.4 Å². The number of halogens is 1. The molecule has 0 fully saturated rings. The van der Waals surface area contributed by atoms with Crippen LogP contribution in [0, 0.1) is 5.41 Å². The van der Waals surface area contributed by atoms with Crippen molar-refractivity contribution < 1.29 is 9.59 Å². The molecule has 0 atom stereocenters. The molecule has 0 bridgehead atoms. The van der Waals surface area contributed by atoms with Crippen molar-refractivity contribution in [2.75, 3.05) is 0 Å². The Morgan fingerprint density at radius 3 is 2.70 bits per heavy atom. The van der Waals surface area contributed by atoms with Crippen LogP contribution in [0.2, 0.25) is 5.02 Å². The molecule has 4 rings (SSSR count). The minimum atomic E-state index is -0.256. The van der Waals surface area contributed by atoms with E-state index in [-0.39, 0.29) is 17.1 Å². The highest BCUT2D eigenvalue weighted by atomic mass is 35.5. The first-order valence-electron chi connectivity index (χ1n) is 8.75. The summed E-state index contributed by atoms with van der Waals surface area (Å²) in [6.45, 7) is 4.50. The summed E-state index contributed by atoms with van der Waals surface area (Å²) in [4.78, 5) is 29.4. The average molecular weight is 383 g/mol. The van der Waals surface area contributed by atoms with Gasteiger partial charge in [-0.2, -0.15) is 5.10 Å². The van der Waals surface area contributed by atoms with E-state index in [9.17, 15) is 9.59 Å². The fourth-order valence-corrected chi connectivity index (χ4v) is 3.59. The molecule has 0 spiro atoms. The normalized spacial score (nSPS) is 15.6. The second-order valence-electron chi connectivity index (χ2n) is 7.66. The summed E-state index contributed by atoms with van der Waals surface area (Å²) >= 11 is 5.88. The van der Waals surface area contributed by atoms with Crippen LogP contribution in [0.3, 0.4) is 0 Å². The predicted octanol–water partition coefficient (Wildman–Crippen LogP) is 3.47. The molecule has 1 aliphatic carbocycles. The number of carbonyl (C=O) groups is 2. The zero-order chi connectivity index (χ0) is 19.2. The number of rotatable bonds is 3. The second-order valence-corrected chi connectivity index (χ2v) is 8.10. The standard InChI is InChI=1S/C20H19ClN4O2/c1-20(2)7-16-14(17(26)8-20)10-22-18-15(11-24-25(16)18)19(27)23-9-12-3-5-13(21)6-4-12/h3-6,10-11H,7-9H2,1-2H3,(H,23,27). The van der Waals surface area contributed by atoms with Crippen molar-refractivity contribution in [1.29, 1.82) is 0 Å². The third-order valence-corrected chi connectivity index (χ3v) is 5.07. The lowest BCUT2D eigenvalue weighted by molar-refractivity contribution is 0.0907. The molecule has 0 aliphatic heterocycles. The van der Waals surface area contributed by atoms with Gasteiger partial charge in [-0.1, -0.05) is 37.6 Å². The molecular weight excluding hydrogens is 364 g/mol. The molecule has 0 saturated heterocycles. The molecular formula is C20H19ClN4O2. The van der Waals surface area contributed by atoms with E-state index in [0.29, 0.717) is 41.2 Å². The predicted molar refractivity (Wildman–Crippen MR) is 102 cm³/mol. The van der Waals surface area contributed by atoms with Crippen molar-refractivity contribution in [3.05, 3.63) is 64.1 Å². The van der Waals surface area contributed by atoms with Crippen LogP contribution in [0.1, 0.15) is 52.2 Å². The molecule has 3 aromatic rings.